The van der Waals surface area contributed by atoms with Gasteiger partial charge in [0.15, 0.2) is 0 Å². The van der Waals surface area contributed by atoms with Gasteiger partial charge in [0, 0.05) is 25.0 Å². The van der Waals surface area contributed by atoms with Crippen LogP contribution in [0, 0.1) is 0 Å². The van der Waals surface area contributed by atoms with Crippen LogP contribution in [0.25, 0.3) is 0 Å². The summed E-state index contributed by atoms with van der Waals surface area (Å²) < 4.78 is 48.5. The first-order valence-corrected chi connectivity index (χ1v) is 21.0. The summed E-state index contributed by atoms with van der Waals surface area (Å²) in [5.74, 6) is -0.232. The van der Waals surface area contributed by atoms with Gasteiger partial charge in [0.2, 0.25) is 5.91 Å². The van der Waals surface area contributed by atoms with Crippen molar-refractivity contribution in [3.63, 3.8) is 0 Å². The van der Waals surface area contributed by atoms with E-state index in [0.717, 1.165) is 19.3 Å². The molecule has 0 aliphatic carbocycles. The molecular formula is C38H75NO12S. The first-order chi connectivity index (χ1) is 25.6. The Bertz CT molecular complexity index is 740. The van der Waals surface area contributed by atoms with Gasteiger partial charge in [0.25, 0.3) is 0 Å². The van der Waals surface area contributed by atoms with E-state index in [9.17, 15) is 14.7 Å². The second kappa shape index (κ2) is 44.3. The quantitative estimate of drug-likeness (QED) is 0.0747. The van der Waals surface area contributed by atoms with Gasteiger partial charge in [-0.15, -0.1) is 0 Å². The maximum atomic E-state index is 12.3. The van der Waals surface area contributed by atoms with E-state index in [2.05, 4.69) is 12.2 Å². The minimum Gasteiger partial charge on any atom is -0.480 e. The predicted octanol–water partition coefficient (Wildman–Crippen LogP) is 5.55. The number of hydrogen-bond acceptors (Lipinski definition) is 12. The molecule has 1 unspecified atom stereocenters. The maximum absolute atomic E-state index is 12.3. The van der Waals surface area contributed by atoms with Gasteiger partial charge in [-0.25, -0.2) is 4.79 Å². The fraction of sp³-hybridized carbons (Fsp3) is 0.947. The molecule has 0 radical (unpaired) electrons. The van der Waals surface area contributed by atoms with E-state index in [-0.39, 0.29) is 5.91 Å². The average molecular weight is 770 g/mol. The van der Waals surface area contributed by atoms with Crippen molar-refractivity contribution >= 4 is 23.6 Å². The molecular weight excluding hydrogens is 694 g/mol. The number of carbonyl (C=O) groups excluding carboxylic acids is 1. The molecule has 0 heterocycles. The van der Waals surface area contributed by atoms with Crippen molar-refractivity contribution < 1.29 is 57.3 Å². The number of ether oxygens (including phenoxy) is 9. The summed E-state index contributed by atoms with van der Waals surface area (Å²) in [5.41, 5.74) is 0. The van der Waals surface area contributed by atoms with Crippen LogP contribution in [0.5, 0.6) is 0 Å². The number of hydrogen-bond donors (Lipinski definition) is 2. The number of rotatable bonds is 45. The molecule has 0 aromatic carbocycles. The van der Waals surface area contributed by atoms with Gasteiger partial charge in [-0.1, -0.05) is 84.0 Å². The van der Waals surface area contributed by atoms with E-state index in [1.54, 1.807) is 7.11 Å². The highest BCUT2D eigenvalue weighted by Gasteiger charge is 2.19. The second-order valence-corrected chi connectivity index (χ2v) is 13.6. The average Bonchev–Trinajstić information content (AvgIpc) is 3.14. The molecule has 0 saturated heterocycles. The minimum atomic E-state index is -1.00. The van der Waals surface area contributed by atoms with E-state index < -0.39 is 12.0 Å². The highest BCUT2D eigenvalue weighted by molar-refractivity contribution is 7.99. The Hall–Kier alpha value is -1.07. The predicted molar refractivity (Wildman–Crippen MR) is 206 cm³/mol. The smallest absolute Gasteiger partial charge is 0.327 e. The van der Waals surface area contributed by atoms with Crippen molar-refractivity contribution in [2.75, 3.05) is 131 Å². The highest BCUT2D eigenvalue weighted by atomic mass is 32.2. The Morgan fingerprint density at radius 1 is 0.500 bits per heavy atom. The van der Waals surface area contributed by atoms with Crippen molar-refractivity contribution in [2.45, 2.75) is 103 Å². The Morgan fingerprint density at radius 3 is 1.17 bits per heavy atom. The SMILES string of the molecule is CCCCCCCCCCCCCCCC(=O)NC(CSCCOCCOCCOCCOCCOCCOCCOCCOCCOC)C(=O)O. The van der Waals surface area contributed by atoms with Crippen molar-refractivity contribution in [2.24, 2.45) is 0 Å². The van der Waals surface area contributed by atoms with Crippen LogP contribution < -0.4 is 5.32 Å². The number of carbonyl (C=O) groups is 2. The van der Waals surface area contributed by atoms with Crippen LogP contribution in [0.2, 0.25) is 0 Å². The van der Waals surface area contributed by atoms with Crippen molar-refractivity contribution in [3.05, 3.63) is 0 Å². The van der Waals surface area contributed by atoms with Gasteiger partial charge >= 0.3 is 5.97 Å². The number of carboxylic acid groups (broad SMARTS) is 1. The van der Waals surface area contributed by atoms with Crippen molar-refractivity contribution in [3.8, 4) is 0 Å². The molecule has 310 valence electrons. The summed E-state index contributed by atoms with van der Waals surface area (Å²) >= 11 is 1.46. The second-order valence-electron chi connectivity index (χ2n) is 12.4. The lowest BCUT2D eigenvalue weighted by molar-refractivity contribution is -0.141. The van der Waals surface area contributed by atoms with Crippen molar-refractivity contribution in [1.82, 2.24) is 5.32 Å². The molecule has 0 spiro atoms. The number of methoxy groups -OCH3 is 1. The largest absolute Gasteiger partial charge is 0.480 e. The Balaban J connectivity index is 3.39. The van der Waals surface area contributed by atoms with E-state index in [0.29, 0.717) is 130 Å². The summed E-state index contributed by atoms with van der Waals surface area (Å²) in [6.07, 6.45) is 16.6. The highest BCUT2D eigenvalue weighted by Crippen LogP contribution is 2.13. The molecule has 0 saturated carbocycles. The van der Waals surface area contributed by atoms with E-state index >= 15 is 0 Å². The first-order valence-electron chi connectivity index (χ1n) is 19.8. The van der Waals surface area contributed by atoms with Crippen LogP contribution in [-0.4, -0.2) is 154 Å². The molecule has 1 atom stereocenters. The zero-order valence-electron chi connectivity index (χ0n) is 32.8. The van der Waals surface area contributed by atoms with Crippen molar-refractivity contribution in [1.29, 1.82) is 0 Å². The molecule has 0 bridgehead atoms. The van der Waals surface area contributed by atoms with Gasteiger partial charge in [-0.2, -0.15) is 11.8 Å². The molecule has 52 heavy (non-hydrogen) atoms. The summed E-state index contributed by atoms with van der Waals surface area (Å²) in [6, 6.07) is -0.883. The molecule has 0 aromatic rings. The number of carboxylic acids is 1. The molecule has 1 amide bonds. The summed E-state index contributed by atoms with van der Waals surface area (Å²) in [7, 11) is 1.64. The number of unbranched alkanes of at least 4 members (excludes halogenated alkanes) is 12. The number of nitrogens with one attached hydrogen (secondary N) is 1. The molecule has 13 nitrogen and oxygen atoms in total. The lowest BCUT2D eigenvalue weighted by atomic mass is 10.0. The molecule has 0 fully saturated rings. The molecule has 2 N–H and O–H groups in total. The zero-order chi connectivity index (χ0) is 37.8. The fourth-order valence-electron chi connectivity index (χ4n) is 4.85. The summed E-state index contributed by atoms with van der Waals surface area (Å²) in [5, 5.41) is 12.2. The maximum Gasteiger partial charge on any atom is 0.327 e. The Kier molecular flexibility index (Phi) is 43.4. The first kappa shape index (κ1) is 50.9. The number of thioether (sulfide) groups is 1. The van der Waals surface area contributed by atoms with Gasteiger partial charge in [-0.05, 0) is 6.42 Å². The van der Waals surface area contributed by atoms with Crippen LogP contribution in [0.15, 0.2) is 0 Å². The Morgan fingerprint density at radius 2 is 0.827 bits per heavy atom. The van der Waals surface area contributed by atoms with Crippen LogP contribution in [0.1, 0.15) is 96.8 Å². The standard InChI is InChI=1S/C38H75NO12S/c1-3-4-5-6-7-8-9-10-11-12-13-14-15-16-37(40)39-36(38(41)42)35-52-34-33-51-32-31-50-30-29-49-28-27-48-26-25-47-24-23-46-22-21-45-20-19-44-18-17-43-2/h36H,3-35H2,1-2H3,(H,39,40)(H,41,42). The molecule has 0 aliphatic heterocycles. The van der Waals surface area contributed by atoms with E-state index in [1.165, 1.54) is 76.0 Å². The molecule has 0 aliphatic rings. The van der Waals surface area contributed by atoms with Crippen LogP contribution in [0.4, 0.5) is 0 Å². The molecule has 0 rings (SSSR count). The molecule has 14 heteroatoms. The van der Waals surface area contributed by atoms with Gasteiger partial charge in [0.05, 0.1) is 112 Å². The fourth-order valence-corrected chi connectivity index (χ4v) is 5.71. The van der Waals surface area contributed by atoms with E-state index in [4.69, 9.17) is 42.6 Å². The zero-order valence-corrected chi connectivity index (χ0v) is 33.6. The normalized spacial score (nSPS) is 12.0. The third kappa shape index (κ3) is 41.7. The van der Waals surface area contributed by atoms with Crippen LogP contribution in [0.3, 0.4) is 0 Å². The summed E-state index contributed by atoms with van der Waals surface area (Å²) in [6.45, 7) is 10.8. The van der Waals surface area contributed by atoms with Gasteiger partial charge < -0.3 is 53.1 Å². The van der Waals surface area contributed by atoms with Gasteiger partial charge in [-0.3, -0.25) is 4.79 Å². The Labute approximate surface area is 319 Å². The number of aliphatic carboxylic acids is 1. The monoisotopic (exact) mass is 770 g/mol. The molecule has 0 aromatic heterocycles. The number of amides is 1. The lowest BCUT2D eigenvalue weighted by Gasteiger charge is -2.14. The third-order valence-electron chi connectivity index (χ3n) is 7.83. The van der Waals surface area contributed by atoms with Gasteiger partial charge in [0.1, 0.15) is 6.04 Å². The van der Waals surface area contributed by atoms with Crippen LogP contribution in [-0.2, 0) is 52.2 Å². The lowest BCUT2D eigenvalue weighted by Crippen LogP contribution is -2.42. The summed E-state index contributed by atoms with van der Waals surface area (Å²) in [4.78, 5) is 23.9. The minimum absolute atomic E-state index is 0.182. The topological polar surface area (TPSA) is 149 Å². The third-order valence-corrected chi connectivity index (χ3v) is 8.86. The van der Waals surface area contributed by atoms with Crippen LogP contribution >= 0.6 is 11.8 Å². The van der Waals surface area contributed by atoms with E-state index in [1.807, 2.05) is 0 Å².